The number of methoxy groups -OCH3 is 1. The average molecular weight is 276 g/mol. The number of ether oxygens (including phenoxy) is 3. The molecule has 2 unspecified atom stereocenters. The molecule has 0 aromatic heterocycles. The standard InChI is InChI=1S/C16H20O4/c1-18-14-5-3-2-4-13(14)15(17)12-6-8-20-16(10-12)7-9-19-11-16/h2-5,12H,6-11H2,1H3. The fourth-order valence-electron chi connectivity index (χ4n) is 3.18. The van der Waals surface area contributed by atoms with Crippen molar-refractivity contribution in [1.29, 1.82) is 0 Å². The van der Waals surface area contributed by atoms with Crippen molar-refractivity contribution in [2.24, 2.45) is 5.92 Å². The lowest BCUT2D eigenvalue weighted by Gasteiger charge is -2.36. The lowest BCUT2D eigenvalue weighted by Crippen LogP contribution is -2.42. The summed E-state index contributed by atoms with van der Waals surface area (Å²) >= 11 is 0. The van der Waals surface area contributed by atoms with E-state index in [9.17, 15) is 4.79 Å². The first-order valence-corrected chi connectivity index (χ1v) is 7.13. The molecular weight excluding hydrogens is 256 g/mol. The molecule has 3 rings (SSSR count). The zero-order valence-electron chi connectivity index (χ0n) is 11.8. The molecule has 0 aliphatic carbocycles. The second-order valence-electron chi connectivity index (χ2n) is 5.59. The van der Waals surface area contributed by atoms with Crippen LogP contribution in [0.2, 0.25) is 0 Å². The zero-order valence-corrected chi connectivity index (χ0v) is 11.8. The highest BCUT2D eigenvalue weighted by atomic mass is 16.6. The number of Topliss-reactive ketones (excluding diaryl/α,β-unsaturated/α-hetero) is 1. The summed E-state index contributed by atoms with van der Waals surface area (Å²) in [6, 6.07) is 7.44. The van der Waals surface area contributed by atoms with Gasteiger partial charge < -0.3 is 14.2 Å². The van der Waals surface area contributed by atoms with E-state index in [1.165, 1.54) is 0 Å². The molecule has 2 atom stereocenters. The number of benzene rings is 1. The summed E-state index contributed by atoms with van der Waals surface area (Å²) in [6.07, 6.45) is 2.42. The summed E-state index contributed by atoms with van der Waals surface area (Å²) < 4.78 is 16.6. The largest absolute Gasteiger partial charge is 0.496 e. The Hall–Kier alpha value is -1.39. The van der Waals surface area contributed by atoms with Gasteiger partial charge in [-0.15, -0.1) is 0 Å². The van der Waals surface area contributed by atoms with Crippen LogP contribution in [0.4, 0.5) is 0 Å². The van der Waals surface area contributed by atoms with Gasteiger partial charge in [-0.1, -0.05) is 12.1 Å². The molecular formula is C16H20O4. The Balaban J connectivity index is 1.79. The lowest BCUT2D eigenvalue weighted by atomic mass is 9.81. The van der Waals surface area contributed by atoms with Crippen molar-refractivity contribution in [1.82, 2.24) is 0 Å². The van der Waals surface area contributed by atoms with Crippen molar-refractivity contribution in [2.75, 3.05) is 26.9 Å². The first kappa shape index (κ1) is 13.6. The Bertz CT molecular complexity index is 491. The third-order valence-electron chi connectivity index (χ3n) is 4.30. The molecule has 0 radical (unpaired) electrons. The Morgan fingerprint density at radius 2 is 2.20 bits per heavy atom. The van der Waals surface area contributed by atoms with Gasteiger partial charge in [0.05, 0.1) is 24.9 Å². The van der Waals surface area contributed by atoms with Crippen LogP contribution < -0.4 is 4.74 Å². The number of carbonyl (C=O) groups excluding carboxylic acids is 1. The van der Waals surface area contributed by atoms with Crippen LogP contribution in [0.1, 0.15) is 29.6 Å². The second-order valence-corrected chi connectivity index (χ2v) is 5.59. The molecule has 2 saturated heterocycles. The predicted molar refractivity (Wildman–Crippen MR) is 74.2 cm³/mol. The van der Waals surface area contributed by atoms with Gasteiger partial charge >= 0.3 is 0 Å². The van der Waals surface area contributed by atoms with Crippen molar-refractivity contribution in [3.05, 3.63) is 29.8 Å². The smallest absolute Gasteiger partial charge is 0.169 e. The van der Waals surface area contributed by atoms with Crippen molar-refractivity contribution in [2.45, 2.75) is 24.9 Å². The first-order valence-electron chi connectivity index (χ1n) is 7.13. The average Bonchev–Trinajstić information content (AvgIpc) is 2.94. The van der Waals surface area contributed by atoms with Crippen LogP contribution in [-0.2, 0) is 9.47 Å². The van der Waals surface area contributed by atoms with E-state index < -0.39 is 0 Å². The van der Waals surface area contributed by atoms with Crippen LogP contribution >= 0.6 is 0 Å². The molecule has 1 spiro atoms. The number of para-hydroxylation sites is 1. The SMILES string of the molecule is COc1ccccc1C(=O)C1CCOC2(CCOC2)C1. The van der Waals surface area contributed by atoms with Gasteiger partial charge in [0.25, 0.3) is 0 Å². The van der Waals surface area contributed by atoms with Crippen molar-refractivity contribution in [3.8, 4) is 5.75 Å². The quantitative estimate of drug-likeness (QED) is 0.796. The topological polar surface area (TPSA) is 44.8 Å². The van der Waals surface area contributed by atoms with Crippen LogP contribution in [0.15, 0.2) is 24.3 Å². The molecule has 2 aliphatic rings. The molecule has 2 heterocycles. The summed E-state index contributed by atoms with van der Waals surface area (Å²) in [7, 11) is 1.60. The Morgan fingerprint density at radius 1 is 1.35 bits per heavy atom. The molecule has 4 nitrogen and oxygen atoms in total. The summed E-state index contributed by atoms with van der Waals surface area (Å²) in [4.78, 5) is 12.7. The third kappa shape index (κ3) is 2.45. The van der Waals surface area contributed by atoms with E-state index in [0.29, 0.717) is 24.5 Å². The lowest BCUT2D eigenvalue weighted by molar-refractivity contribution is -0.0920. The minimum atomic E-state index is -0.236. The maximum absolute atomic E-state index is 12.7. The van der Waals surface area contributed by atoms with Crippen molar-refractivity contribution in [3.63, 3.8) is 0 Å². The number of rotatable bonds is 3. The molecule has 0 N–H and O–H groups in total. The predicted octanol–water partition coefficient (Wildman–Crippen LogP) is 2.46. The van der Waals surface area contributed by atoms with E-state index in [0.717, 1.165) is 25.9 Å². The van der Waals surface area contributed by atoms with Crippen LogP contribution in [0.25, 0.3) is 0 Å². The molecule has 1 aromatic rings. The number of ketones is 1. The number of carbonyl (C=O) groups is 1. The molecule has 0 bridgehead atoms. The van der Waals surface area contributed by atoms with E-state index >= 15 is 0 Å². The summed E-state index contributed by atoms with van der Waals surface area (Å²) in [5, 5.41) is 0. The molecule has 4 heteroatoms. The molecule has 2 fully saturated rings. The third-order valence-corrected chi connectivity index (χ3v) is 4.30. The Kier molecular flexibility index (Phi) is 3.76. The highest BCUT2D eigenvalue weighted by Crippen LogP contribution is 2.37. The second kappa shape index (κ2) is 5.54. The first-order chi connectivity index (χ1) is 9.74. The molecule has 20 heavy (non-hydrogen) atoms. The van der Waals surface area contributed by atoms with Gasteiger partial charge in [-0.05, 0) is 25.0 Å². The number of hydrogen-bond acceptors (Lipinski definition) is 4. The van der Waals surface area contributed by atoms with E-state index in [1.807, 2.05) is 24.3 Å². The van der Waals surface area contributed by atoms with Gasteiger partial charge in [0.15, 0.2) is 5.78 Å². The zero-order chi connectivity index (χ0) is 14.0. The van der Waals surface area contributed by atoms with Crippen molar-refractivity contribution < 1.29 is 19.0 Å². The molecule has 0 amide bonds. The minimum absolute atomic E-state index is 0.00162. The maximum Gasteiger partial charge on any atom is 0.169 e. The van der Waals surface area contributed by atoms with E-state index in [4.69, 9.17) is 14.2 Å². The number of hydrogen-bond donors (Lipinski definition) is 0. The van der Waals surface area contributed by atoms with Gasteiger partial charge in [0.1, 0.15) is 5.75 Å². The van der Waals surface area contributed by atoms with E-state index in [1.54, 1.807) is 7.11 Å². The molecule has 1 aromatic carbocycles. The highest BCUT2D eigenvalue weighted by Gasteiger charge is 2.43. The van der Waals surface area contributed by atoms with E-state index in [2.05, 4.69) is 0 Å². The maximum atomic E-state index is 12.7. The van der Waals surface area contributed by atoms with Crippen LogP contribution in [-0.4, -0.2) is 38.3 Å². The van der Waals surface area contributed by atoms with Gasteiger partial charge in [-0.2, -0.15) is 0 Å². The molecule has 2 aliphatic heterocycles. The fourth-order valence-corrected chi connectivity index (χ4v) is 3.18. The summed E-state index contributed by atoms with van der Waals surface area (Å²) in [5.41, 5.74) is 0.441. The van der Waals surface area contributed by atoms with Gasteiger partial charge in [0, 0.05) is 25.6 Å². The highest BCUT2D eigenvalue weighted by molar-refractivity contribution is 6.00. The van der Waals surface area contributed by atoms with E-state index in [-0.39, 0.29) is 17.3 Å². The molecule has 0 saturated carbocycles. The van der Waals surface area contributed by atoms with Crippen LogP contribution in [0.3, 0.4) is 0 Å². The van der Waals surface area contributed by atoms with Gasteiger partial charge in [0.2, 0.25) is 0 Å². The fraction of sp³-hybridized carbons (Fsp3) is 0.562. The van der Waals surface area contributed by atoms with Crippen LogP contribution in [0.5, 0.6) is 5.75 Å². The Morgan fingerprint density at radius 3 is 2.95 bits per heavy atom. The van der Waals surface area contributed by atoms with Gasteiger partial charge in [-0.3, -0.25) is 4.79 Å². The normalized spacial score (nSPS) is 29.6. The summed E-state index contributed by atoms with van der Waals surface area (Å²) in [6.45, 7) is 1.98. The molecule has 108 valence electrons. The Labute approximate surface area is 119 Å². The minimum Gasteiger partial charge on any atom is -0.496 e. The van der Waals surface area contributed by atoms with Gasteiger partial charge in [-0.25, -0.2) is 0 Å². The summed E-state index contributed by atoms with van der Waals surface area (Å²) in [5.74, 6) is 0.819. The van der Waals surface area contributed by atoms with Crippen LogP contribution in [0, 0.1) is 5.92 Å². The monoisotopic (exact) mass is 276 g/mol. The van der Waals surface area contributed by atoms with Crippen molar-refractivity contribution >= 4 is 5.78 Å².